The second-order valence-corrected chi connectivity index (χ2v) is 4.31. The van der Waals surface area contributed by atoms with Crippen molar-refractivity contribution in [2.75, 3.05) is 12.4 Å². The van der Waals surface area contributed by atoms with Crippen molar-refractivity contribution < 1.29 is 14.7 Å². The van der Waals surface area contributed by atoms with Crippen molar-refractivity contribution in [2.24, 2.45) is 0 Å². The number of aromatic carboxylic acids is 1. The summed E-state index contributed by atoms with van der Waals surface area (Å²) in [5, 5.41) is 11.5. The van der Waals surface area contributed by atoms with Gasteiger partial charge < -0.3 is 15.3 Å². The summed E-state index contributed by atoms with van der Waals surface area (Å²) in [7, 11) is 1.60. The molecule has 0 fully saturated rings. The van der Waals surface area contributed by atoms with Gasteiger partial charge in [-0.25, -0.2) is 14.6 Å². The highest BCUT2D eigenvalue weighted by Crippen LogP contribution is 2.13. The average molecular weight is 286 g/mol. The molecule has 7 heteroatoms. The number of urea groups is 1. The Balaban J connectivity index is 2.06. The zero-order chi connectivity index (χ0) is 15.2. The third kappa shape index (κ3) is 3.75. The van der Waals surface area contributed by atoms with Crippen LogP contribution >= 0.6 is 0 Å². The van der Waals surface area contributed by atoms with Gasteiger partial charge in [0.15, 0.2) is 5.69 Å². The first-order chi connectivity index (χ1) is 10.1. The van der Waals surface area contributed by atoms with E-state index >= 15 is 0 Å². The van der Waals surface area contributed by atoms with Crippen LogP contribution < -0.4 is 5.32 Å². The maximum Gasteiger partial charge on any atom is 0.356 e. The van der Waals surface area contributed by atoms with Crippen LogP contribution in [0.3, 0.4) is 0 Å². The highest BCUT2D eigenvalue weighted by Gasteiger charge is 2.15. The molecule has 2 aromatic heterocycles. The highest BCUT2D eigenvalue weighted by atomic mass is 16.4. The minimum absolute atomic E-state index is 0.155. The quantitative estimate of drug-likeness (QED) is 0.894. The minimum Gasteiger partial charge on any atom is -0.476 e. The van der Waals surface area contributed by atoms with Gasteiger partial charge in [0.25, 0.3) is 0 Å². The van der Waals surface area contributed by atoms with E-state index in [1.54, 1.807) is 31.4 Å². The van der Waals surface area contributed by atoms with Crippen molar-refractivity contribution in [2.45, 2.75) is 6.54 Å². The van der Waals surface area contributed by atoms with Gasteiger partial charge in [-0.3, -0.25) is 4.98 Å². The van der Waals surface area contributed by atoms with Gasteiger partial charge in [-0.2, -0.15) is 0 Å². The van der Waals surface area contributed by atoms with E-state index in [9.17, 15) is 9.59 Å². The van der Waals surface area contributed by atoms with Crippen molar-refractivity contribution in [3.63, 3.8) is 0 Å². The molecule has 0 radical (unpaired) electrons. The number of carbonyl (C=O) groups is 2. The van der Waals surface area contributed by atoms with Gasteiger partial charge in [-0.1, -0.05) is 6.07 Å². The Morgan fingerprint density at radius 1 is 1.19 bits per heavy atom. The van der Waals surface area contributed by atoms with Crippen molar-refractivity contribution in [1.29, 1.82) is 0 Å². The number of aromatic nitrogens is 2. The summed E-state index contributed by atoms with van der Waals surface area (Å²) in [6.07, 6.45) is 3.00. The third-order valence-corrected chi connectivity index (χ3v) is 2.72. The van der Waals surface area contributed by atoms with Crippen LogP contribution in [0.2, 0.25) is 0 Å². The standard InChI is InChI=1S/C14H14N4O3/c1-18(9-10-5-2-3-7-15-10)14(21)17-11-6-4-8-16-12(11)13(19)20/h2-8H,9H2,1H3,(H,17,21)(H,19,20). The maximum absolute atomic E-state index is 12.1. The minimum atomic E-state index is -1.20. The predicted molar refractivity (Wildman–Crippen MR) is 75.9 cm³/mol. The van der Waals surface area contributed by atoms with Crippen LogP contribution in [0.5, 0.6) is 0 Å². The molecule has 2 aromatic rings. The summed E-state index contributed by atoms with van der Waals surface area (Å²) in [6, 6.07) is 8.03. The first-order valence-corrected chi connectivity index (χ1v) is 6.18. The Kier molecular flexibility index (Phi) is 4.45. The first-order valence-electron chi connectivity index (χ1n) is 6.18. The number of carboxylic acids is 1. The Bertz CT molecular complexity index is 646. The average Bonchev–Trinajstić information content (AvgIpc) is 2.48. The number of carbonyl (C=O) groups excluding carboxylic acids is 1. The van der Waals surface area contributed by atoms with Gasteiger partial charge >= 0.3 is 12.0 Å². The molecule has 2 amide bonds. The maximum atomic E-state index is 12.1. The number of pyridine rings is 2. The molecule has 0 aliphatic rings. The summed E-state index contributed by atoms with van der Waals surface area (Å²) >= 11 is 0. The van der Waals surface area contributed by atoms with Gasteiger partial charge in [0.05, 0.1) is 17.9 Å². The molecular weight excluding hydrogens is 272 g/mol. The molecular formula is C14H14N4O3. The molecule has 0 bridgehead atoms. The van der Waals surface area contributed by atoms with Crippen LogP contribution in [-0.4, -0.2) is 39.0 Å². The van der Waals surface area contributed by atoms with Crippen LogP contribution in [-0.2, 0) is 6.54 Å². The second kappa shape index (κ2) is 6.47. The second-order valence-electron chi connectivity index (χ2n) is 4.31. The van der Waals surface area contributed by atoms with Gasteiger partial charge in [-0.15, -0.1) is 0 Å². The lowest BCUT2D eigenvalue weighted by molar-refractivity contribution is 0.0691. The molecule has 108 valence electrons. The van der Waals surface area contributed by atoms with Crippen LogP contribution in [0.15, 0.2) is 42.7 Å². The zero-order valence-electron chi connectivity index (χ0n) is 11.4. The molecule has 0 saturated carbocycles. The molecule has 0 unspecified atom stereocenters. The van der Waals surface area contributed by atoms with E-state index in [1.807, 2.05) is 6.07 Å². The van der Waals surface area contributed by atoms with Gasteiger partial charge in [0.2, 0.25) is 0 Å². The van der Waals surface area contributed by atoms with Crippen LogP contribution in [0, 0.1) is 0 Å². The molecule has 2 rings (SSSR count). The first kappa shape index (κ1) is 14.4. The van der Waals surface area contributed by atoms with Gasteiger partial charge in [0.1, 0.15) is 0 Å². The number of amides is 2. The Hall–Kier alpha value is -2.96. The molecule has 0 atom stereocenters. The van der Waals surface area contributed by atoms with Crippen molar-refractivity contribution in [3.8, 4) is 0 Å². The summed E-state index contributed by atoms with van der Waals surface area (Å²) in [4.78, 5) is 32.3. The summed E-state index contributed by atoms with van der Waals surface area (Å²) < 4.78 is 0. The molecule has 0 spiro atoms. The Labute approximate surface area is 121 Å². The van der Waals surface area contributed by atoms with Crippen molar-refractivity contribution in [1.82, 2.24) is 14.9 Å². The third-order valence-electron chi connectivity index (χ3n) is 2.72. The summed E-state index contributed by atoms with van der Waals surface area (Å²) in [5.74, 6) is -1.20. The number of hydrogen-bond donors (Lipinski definition) is 2. The highest BCUT2D eigenvalue weighted by molar-refractivity contribution is 5.98. The van der Waals surface area contributed by atoms with Crippen molar-refractivity contribution in [3.05, 3.63) is 54.1 Å². The molecule has 21 heavy (non-hydrogen) atoms. The van der Waals surface area contributed by atoms with E-state index in [-0.39, 0.29) is 11.4 Å². The van der Waals surface area contributed by atoms with E-state index in [4.69, 9.17) is 5.11 Å². The Morgan fingerprint density at radius 3 is 2.62 bits per heavy atom. The molecule has 0 aromatic carbocycles. The molecule has 7 nitrogen and oxygen atoms in total. The summed E-state index contributed by atoms with van der Waals surface area (Å²) in [5.41, 5.74) is 0.694. The van der Waals surface area contributed by atoms with Gasteiger partial charge in [-0.05, 0) is 24.3 Å². The van der Waals surface area contributed by atoms with Crippen LogP contribution in [0.1, 0.15) is 16.2 Å². The fourth-order valence-corrected chi connectivity index (χ4v) is 1.69. The lowest BCUT2D eigenvalue weighted by Gasteiger charge is -2.18. The number of carboxylic acid groups (broad SMARTS) is 1. The SMILES string of the molecule is CN(Cc1ccccn1)C(=O)Nc1cccnc1C(=O)O. The molecule has 2 heterocycles. The largest absolute Gasteiger partial charge is 0.476 e. The van der Waals surface area contributed by atoms with E-state index in [1.165, 1.54) is 17.2 Å². The molecule has 0 aliphatic heterocycles. The van der Waals surface area contributed by atoms with E-state index in [2.05, 4.69) is 15.3 Å². The van der Waals surface area contributed by atoms with Crippen LogP contribution in [0.25, 0.3) is 0 Å². The lowest BCUT2D eigenvalue weighted by atomic mass is 10.3. The lowest BCUT2D eigenvalue weighted by Crippen LogP contribution is -2.31. The van der Waals surface area contributed by atoms with E-state index < -0.39 is 12.0 Å². The fourth-order valence-electron chi connectivity index (χ4n) is 1.69. The number of nitrogens with zero attached hydrogens (tertiary/aromatic N) is 3. The topological polar surface area (TPSA) is 95.4 Å². The smallest absolute Gasteiger partial charge is 0.356 e. The molecule has 2 N–H and O–H groups in total. The molecule has 0 saturated heterocycles. The Morgan fingerprint density at radius 2 is 1.95 bits per heavy atom. The van der Waals surface area contributed by atoms with Gasteiger partial charge in [0, 0.05) is 19.4 Å². The van der Waals surface area contributed by atoms with Crippen LogP contribution in [0.4, 0.5) is 10.5 Å². The normalized spacial score (nSPS) is 9.95. The fraction of sp³-hybridized carbons (Fsp3) is 0.143. The number of nitrogens with one attached hydrogen (secondary N) is 1. The van der Waals surface area contributed by atoms with Crippen molar-refractivity contribution >= 4 is 17.7 Å². The summed E-state index contributed by atoms with van der Waals surface area (Å²) in [6.45, 7) is 0.315. The van der Waals surface area contributed by atoms with E-state index in [0.717, 1.165) is 5.69 Å². The zero-order valence-corrected chi connectivity index (χ0v) is 11.4. The number of hydrogen-bond acceptors (Lipinski definition) is 4. The monoisotopic (exact) mass is 286 g/mol. The van der Waals surface area contributed by atoms with E-state index in [0.29, 0.717) is 6.54 Å². The predicted octanol–water partition coefficient (Wildman–Crippen LogP) is 1.84. The number of rotatable bonds is 4. The number of anilines is 1. The molecule has 0 aliphatic carbocycles.